The van der Waals surface area contributed by atoms with Crippen molar-refractivity contribution in [2.24, 2.45) is 7.05 Å². The van der Waals surface area contributed by atoms with E-state index in [4.69, 9.17) is 29.8 Å². The lowest BCUT2D eigenvalue weighted by atomic mass is 9.99. The van der Waals surface area contributed by atoms with Crippen molar-refractivity contribution < 1.29 is 0 Å². The third-order valence-corrected chi connectivity index (χ3v) is 3.55. The molecule has 0 aliphatic carbocycles. The molecule has 7 heteroatoms. The number of halogens is 2. The summed E-state index contributed by atoms with van der Waals surface area (Å²) in [4.78, 5) is 7.42. The lowest BCUT2D eigenvalue weighted by Crippen LogP contribution is -1.94. The van der Waals surface area contributed by atoms with Gasteiger partial charge in [0.25, 0.3) is 0 Å². The van der Waals surface area contributed by atoms with Crippen molar-refractivity contribution in [1.29, 1.82) is 0 Å². The Balaban J connectivity index is 2.29. The molecule has 108 valence electrons. The third kappa shape index (κ3) is 2.67. The molecule has 0 amide bonds. The van der Waals surface area contributed by atoms with E-state index in [-0.39, 0.29) is 0 Å². The second-order valence-electron chi connectivity index (χ2n) is 4.61. The van der Waals surface area contributed by atoms with E-state index < -0.39 is 0 Å². The summed E-state index contributed by atoms with van der Waals surface area (Å²) in [6.45, 7) is 7.20. The van der Waals surface area contributed by atoms with Crippen molar-refractivity contribution >= 4 is 28.9 Å². The van der Waals surface area contributed by atoms with Crippen LogP contribution >= 0.6 is 23.2 Å². The fraction of sp³-hybridized carbons (Fsp3) is 0.0667. The smallest absolute Gasteiger partial charge is 0.187 e. The first-order valence-corrected chi connectivity index (χ1v) is 7.03. The number of benzene rings is 1. The number of rotatable bonds is 2. The van der Waals surface area contributed by atoms with Crippen molar-refractivity contribution in [3.05, 3.63) is 58.4 Å². The van der Waals surface area contributed by atoms with Gasteiger partial charge in [-0.15, -0.1) is 10.2 Å². The van der Waals surface area contributed by atoms with E-state index in [1.54, 1.807) is 35.2 Å². The van der Waals surface area contributed by atoms with E-state index in [1.165, 1.54) is 0 Å². The molecule has 0 aliphatic heterocycles. The molecule has 0 saturated carbocycles. The summed E-state index contributed by atoms with van der Waals surface area (Å²) in [5.74, 6) is 0.690. The van der Waals surface area contributed by atoms with Gasteiger partial charge in [0, 0.05) is 12.6 Å². The summed E-state index contributed by atoms with van der Waals surface area (Å²) in [5.41, 5.74) is 2.93. The van der Waals surface area contributed by atoms with E-state index in [0.29, 0.717) is 21.8 Å². The van der Waals surface area contributed by atoms with Crippen LogP contribution in [0, 0.1) is 6.57 Å². The molecule has 0 radical (unpaired) electrons. The number of aromatic nitrogens is 4. The van der Waals surface area contributed by atoms with Gasteiger partial charge in [-0.1, -0.05) is 35.3 Å². The maximum atomic E-state index is 7.20. The molecule has 3 rings (SSSR count). The Labute approximate surface area is 137 Å². The van der Waals surface area contributed by atoms with Crippen LogP contribution in [0.2, 0.25) is 10.3 Å². The van der Waals surface area contributed by atoms with E-state index in [9.17, 15) is 0 Å². The van der Waals surface area contributed by atoms with Gasteiger partial charge in [-0.2, -0.15) is 0 Å². The molecule has 2 aromatic heterocycles. The molecular formula is C15H9Cl2N5. The average Bonchev–Trinajstić information content (AvgIpc) is 2.91. The highest BCUT2D eigenvalue weighted by Gasteiger charge is 2.14. The summed E-state index contributed by atoms with van der Waals surface area (Å²) < 4.78 is 1.81. The van der Waals surface area contributed by atoms with E-state index in [1.807, 2.05) is 13.1 Å². The normalized spacial score (nSPS) is 10.5. The SMILES string of the molecule is [C-]#[N+]c1ccc(-c2nncn2C)c(-c2cc(Cl)nc(Cl)c2)c1. The zero-order chi connectivity index (χ0) is 15.7. The number of aryl methyl sites for hydroxylation is 1. The highest BCUT2D eigenvalue weighted by molar-refractivity contribution is 6.32. The standard InChI is InChI=1S/C15H9Cl2N5/c1-18-10-3-4-11(15-21-19-8-22(15)2)12(7-10)9-5-13(16)20-14(17)6-9/h3-8H,2H3. The molecule has 0 fully saturated rings. The van der Waals surface area contributed by atoms with Crippen LogP contribution in [-0.4, -0.2) is 19.7 Å². The highest BCUT2D eigenvalue weighted by Crippen LogP contribution is 2.35. The second-order valence-corrected chi connectivity index (χ2v) is 5.38. The number of hydrogen-bond donors (Lipinski definition) is 0. The summed E-state index contributed by atoms with van der Waals surface area (Å²) in [7, 11) is 1.86. The molecule has 0 unspecified atom stereocenters. The van der Waals surface area contributed by atoms with Gasteiger partial charge >= 0.3 is 0 Å². The number of pyridine rings is 1. The Morgan fingerprint density at radius 1 is 1.09 bits per heavy atom. The molecule has 3 aromatic rings. The molecule has 0 N–H and O–H groups in total. The number of hydrogen-bond acceptors (Lipinski definition) is 3. The summed E-state index contributed by atoms with van der Waals surface area (Å²) in [5, 5.41) is 8.61. The molecule has 22 heavy (non-hydrogen) atoms. The van der Waals surface area contributed by atoms with Crippen LogP contribution in [0.1, 0.15) is 0 Å². The highest BCUT2D eigenvalue weighted by atomic mass is 35.5. The zero-order valence-electron chi connectivity index (χ0n) is 11.5. The summed E-state index contributed by atoms with van der Waals surface area (Å²) >= 11 is 12.0. The van der Waals surface area contributed by atoms with Gasteiger partial charge < -0.3 is 4.57 Å². The quantitative estimate of drug-likeness (QED) is 0.517. The van der Waals surface area contributed by atoms with Gasteiger partial charge in [-0.25, -0.2) is 9.83 Å². The van der Waals surface area contributed by atoms with Gasteiger partial charge in [0.05, 0.1) is 6.57 Å². The predicted molar refractivity (Wildman–Crippen MR) is 86.0 cm³/mol. The molecule has 2 heterocycles. The molecule has 0 atom stereocenters. The van der Waals surface area contributed by atoms with Crippen LogP contribution in [-0.2, 0) is 7.05 Å². The summed E-state index contributed by atoms with van der Waals surface area (Å²) in [6.07, 6.45) is 1.62. The van der Waals surface area contributed by atoms with E-state index in [2.05, 4.69) is 20.0 Å². The van der Waals surface area contributed by atoms with Crippen LogP contribution < -0.4 is 0 Å². The number of nitrogens with zero attached hydrogens (tertiary/aromatic N) is 5. The van der Waals surface area contributed by atoms with Crippen molar-refractivity contribution in [3.8, 4) is 22.5 Å². The Morgan fingerprint density at radius 3 is 2.41 bits per heavy atom. The van der Waals surface area contributed by atoms with Crippen LogP contribution in [0.3, 0.4) is 0 Å². The average molecular weight is 330 g/mol. The molecule has 1 aromatic carbocycles. The topological polar surface area (TPSA) is 48.0 Å². The molecule has 0 bridgehead atoms. The second kappa shape index (κ2) is 5.76. The summed E-state index contributed by atoms with van der Waals surface area (Å²) in [6, 6.07) is 8.77. The first-order chi connectivity index (χ1) is 10.6. The van der Waals surface area contributed by atoms with Crippen molar-refractivity contribution in [2.45, 2.75) is 0 Å². The minimum atomic E-state index is 0.291. The first kappa shape index (κ1) is 14.5. The fourth-order valence-corrected chi connectivity index (χ4v) is 2.64. The van der Waals surface area contributed by atoms with Crippen molar-refractivity contribution in [1.82, 2.24) is 19.7 Å². The van der Waals surface area contributed by atoms with Crippen LogP contribution in [0.15, 0.2) is 36.7 Å². The van der Waals surface area contributed by atoms with Crippen molar-refractivity contribution in [3.63, 3.8) is 0 Å². The molecular weight excluding hydrogens is 321 g/mol. The van der Waals surface area contributed by atoms with Gasteiger partial charge in [0.2, 0.25) is 0 Å². The molecule has 0 saturated heterocycles. The van der Waals surface area contributed by atoms with Crippen LogP contribution in [0.5, 0.6) is 0 Å². The Hall–Kier alpha value is -2.42. The monoisotopic (exact) mass is 329 g/mol. The Kier molecular flexibility index (Phi) is 3.80. The van der Waals surface area contributed by atoms with Crippen molar-refractivity contribution in [2.75, 3.05) is 0 Å². The molecule has 0 aliphatic rings. The van der Waals surface area contributed by atoms with Gasteiger partial charge in [0.1, 0.15) is 16.6 Å². The van der Waals surface area contributed by atoms with E-state index >= 15 is 0 Å². The minimum absolute atomic E-state index is 0.291. The maximum absolute atomic E-state index is 7.20. The lowest BCUT2D eigenvalue weighted by molar-refractivity contribution is 0.920. The molecule has 0 spiro atoms. The van der Waals surface area contributed by atoms with Gasteiger partial charge in [-0.05, 0) is 29.3 Å². The van der Waals surface area contributed by atoms with E-state index in [0.717, 1.165) is 16.7 Å². The lowest BCUT2D eigenvalue weighted by Gasteiger charge is -2.10. The van der Waals surface area contributed by atoms with Gasteiger partial charge in [-0.3, -0.25) is 0 Å². The Morgan fingerprint density at radius 2 is 1.82 bits per heavy atom. The zero-order valence-corrected chi connectivity index (χ0v) is 13.0. The molecule has 5 nitrogen and oxygen atoms in total. The fourth-order valence-electron chi connectivity index (χ4n) is 2.18. The van der Waals surface area contributed by atoms with Gasteiger partial charge in [0.15, 0.2) is 11.5 Å². The van der Waals surface area contributed by atoms with Crippen LogP contribution in [0.4, 0.5) is 5.69 Å². The minimum Gasteiger partial charge on any atom is -0.317 e. The first-order valence-electron chi connectivity index (χ1n) is 6.28. The largest absolute Gasteiger partial charge is 0.317 e. The Bertz CT molecular complexity index is 875. The third-order valence-electron chi connectivity index (χ3n) is 3.16. The predicted octanol–water partition coefficient (Wildman–Crippen LogP) is 4.40. The van der Waals surface area contributed by atoms with Crippen LogP contribution in [0.25, 0.3) is 27.4 Å². The maximum Gasteiger partial charge on any atom is 0.187 e.